The fourth-order valence-electron chi connectivity index (χ4n) is 4.13. The van der Waals surface area contributed by atoms with E-state index < -0.39 is 0 Å². The fraction of sp³-hybridized carbons (Fsp3) is 0.524. The molecule has 2 aliphatic rings. The van der Waals surface area contributed by atoms with Crippen molar-refractivity contribution < 1.29 is 4.79 Å². The highest BCUT2D eigenvalue weighted by atomic mass is 35.5. The third-order valence-electron chi connectivity index (χ3n) is 5.77. The smallest absolute Gasteiger partial charge is 0.223 e. The second kappa shape index (κ2) is 6.73. The van der Waals surface area contributed by atoms with Gasteiger partial charge in [0, 0.05) is 22.2 Å². The average molecular weight is 372 g/mol. The third kappa shape index (κ3) is 3.52. The normalized spacial score (nSPS) is 21.7. The van der Waals surface area contributed by atoms with E-state index in [4.69, 9.17) is 11.6 Å². The highest BCUT2D eigenvalue weighted by molar-refractivity contribution is 6.30. The van der Waals surface area contributed by atoms with E-state index in [1.807, 2.05) is 24.4 Å². The van der Waals surface area contributed by atoms with E-state index in [2.05, 4.69) is 35.0 Å². The Kier molecular flexibility index (Phi) is 4.55. The number of carbonyl (C=O) groups is 1. The number of aromatic nitrogens is 2. The highest BCUT2D eigenvalue weighted by Crippen LogP contribution is 2.41. The Morgan fingerprint density at radius 3 is 2.88 bits per heavy atom. The van der Waals surface area contributed by atoms with E-state index in [1.54, 1.807) is 0 Å². The second-order valence-corrected chi connectivity index (χ2v) is 9.00. The summed E-state index contributed by atoms with van der Waals surface area (Å²) in [6, 6.07) is 7.98. The maximum absolute atomic E-state index is 12.5. The topological polar surface area (TPSA) is 46.9 Å². The predicted octanol–water partition coefficient (Wildman–Crippen LogP) is 4.51. The molecule has 1 saturated carbocycles. The maximum Gasteiger partial charge on any atom is 0.223 e. The summed E-state index contributed by atoms with van der Waals surface area (Å²) < 4.78 is 2.07. The van der Waals surface area contributed by atoms with Gasteiger partial charge in [0.15, 0.2) is 0 Å². The first-order chi connectivity index (χ1) is 12.4. The van der Waals surface area contributed by atoms with Gasteiger partial charge in [0.05, 0.1) is 18.8 Å². The van der Waals surface area contributed by atoms with Crippen molar-refractivity contribution in [2.45, 2.75) is 58.5 Å². The minimum absolute atomic E-state index is 0.0648. The summed E-state index contributed by atoms with van der Waals surface area (Å²) in [4.78, 5) is 12.5. The summed E-state index contributed by atoms with van der Waals surface area (Å²) in [5.74, 6) is 0.428. The molecule has 4 rings (SSSR count). The number of amides is 1. The number of benzene rings is 1. The van der Waals surface area contributed by atoms with Crippen LogP contribution in [0.15, 0.2) is 30.5 Å². The summed E-state index contributed by atoms with van der Waals surface area (Å²) in [6.45, 7) is 5.25. The SMILES string of the molecule is CC1(C)Cc2c(cnn2Cc2cccc(Cl)c2)[C@H](NC(=O)C2CCC2)C1. The van der Waals surface area contributed by atoms with E-state index in [9.17, 15) is 4.79 Å². The molecule has 138 valence electrons. The molecule has 26 heavy (non-hydrogen) atoms. The largest absolute Gasteiger partial charge is 0.349 e. The lowest BCUT2D eigenvalue weighted by Crippen LogP contribution is -2.41. The molecule has 2 aromatic rings. The van der Waals surface area contributed by atoms with Gasteiger partial charge in [0.2, 0.25) is 5.91 Å². The van der Waals surface area contributed by atoms with Crippen LogP contribution in [0.1, 0.15) is 62.4 Å². The molecular weight excluding hydrogens is 346 g/mol. The zero-order chi connectivity index (χ0) is 18.3. The number of fused-ring (bicyclic) bond motifs is 1. The number of halogens is 1. The number of carbonyl (C=O) groups excluding carboxylic acids is 1. The Hall–Kier alpha value is -1.81. The van der Waals surface area contributed by atoms with Gasteiger partial charge >= 0.3 is 0 Å². The van der Waals surface area contributed by atoms with Gasteiger partial charge in [-0.15, -0.1) is 0 Å². The zero-order valence-corrected chi connectivity index (χ0v) is 16.2. The molecule has 1 atom stereocenters. The van der Waals surface area contributed by atoms with Crippen LogP contribution in [0.5, 0.6) is 0 Å². The molecule has 1 heterocycles. The third-order valence-corrected chi connectivity index (χ3v) is 6.01. The number of rotatable bonds is 4. The lowest BCUT2D eigenvalue weighted by molar-refractivity contribution is -0.128. The molecule has 0 spiro atoms. The number of hydrogen-bond donors (Lipinski definition) is 1. The van der Waals surface area contributed by atoms with Crippen molar-refractivity contribution in [2.24, 2.45) is 11.3 Å². The first-order valence-corrected chi connectivity index (χ1v) is 9.88. The Morgan fingerprint density at radius 2 is 2.19 bits per heavy atom. The number of nitrogens with zero attached hydrogens (tertiary/aromatic N) is 2. The molecule has 0 unspecified atom stereocenters. The summed E-state index contributed by atoms with van der Waals surface area (Å²) in [7, 11) is 0. The van der Waals surface area contributed by atoms with Gasteiger partial charge in [-0.2, -0.15) is 5.10 Å². The Bertz CT molecular complexity index is 822. The van der Waals surface area contributed by atoms with Gasteiger partial charge < -0.3 is 5.32 Å². The molecule has 1 N–H and O–H groups in total. The van der Waals surface area contributed by atoms with Gasteiger partial charge in [-0.1, -0.05) is 44.0 Å². The van der Waals surface area contributed by atoms with Crippen molar-refractivity contribution in [1.82, 2.24) is 15.1 Å². The lowest BCUT2D eigenvalue weighted by Gasteiger charge is -2.37. The zero-order valence-electron chi connectivity index (χ0n) is 15.5. The quantitative estimate of drug-likeness (QED) is 0.859. The molecule has 0 aliphatic heterocycles. The van der Waals surface area contributed by atoms with Crippen LogP contribution >= 0.6 is 11.6 Å². The first-order valence-electron chi connectivity index (χ1n) is 9.51. The van der Waals surface area contributed by atoms with Crippen molar-refractivity contribution in [2.75, 3.05) is 0 Å². The highest BCUT2D eigenvalue weighted by Gasteiger charge is 2.37. The molecule has 1 aromatic carbocycles. The summed E-state index contributed by atoms with van der Waals surface area (Å²) in [5, 5.41) is 8.70. The van der Waals surface area contributed by atoms with E-state index in [1.165, 1.54) is 17.7 Å². The Labute approximate surface area is 159 Å². The van der Waals surface area contributed by atoms with Crippen LogP contribution in [-0.4, -0.2) is 15.7 Å². The molecule has 1 fully saturated rings. The van der Waals surface area contributed by atoms with E-state index in [0.717, 1.165) is 36.3 Å². The Morgan fingerprint density at radius 1 is 1.38 bits per heavy atom. The van der Waals surface area contributed by atoms with Crippen molar-refractivity contribution >= 4 is 17.5 Å². The van der Waals surface area contributed by atoms with Crippen molar-refractivity contribution in [3.8, 4) is 0 Å². The van der Waals surface area contributed by atoms with Crippen LogP contribution in [0.2, 0.25) is 5.02 Å². The van der Waals surface area contributed by atoms with E-state index in [-0.39, 0.29) is 23.3 Å². The van der Waals surface area contributed by atoms with Crippen LogP contribution < -0.4 is 5.32 Å². The predicted molar refractivity (Wildman–Crippen MR) is 103 cm³/mol. The summed E-state index contributed by atoms with van der Waals surface area (Å²) >= 11 is 6.13. The number of nitrogens with one attached hydrogen (secondary N) is 1. The first kappa shape index (κ1) is 17.6. The van der Waals surface area contributed by atoms with Crippen LogP contribution in [0, 0.1) is 11.3 Å². The van der Waals surface area contributed by atoms with Crippen LogP contribution in [0.4, 0.5) is 0 Å². The molecule has 5 heteroatoms. The van der Waals surface area contributed by atoms with Crippen molar-refractivity contribution in [1.29, 1.82) is 0 Å². The molecule has 0 radical (unpaired) electrons. The lowest BCUT2D eigenvalue weighted by atomic mass is 9.74. The van der Waals surface area contributed by atoms with Gasteiger partial charge in [-0.05, 0) is 48.8 Å². The van der Waals surface area contributed by atoms with E-state index >= 15 is 0 Å². The molecule has 1 amide bonds. The summed E-state index contributed by atoms with van der Waals surface area (Å²) in [5.41, 5.74) is 3.69. The minimum Gasteiger partial charge on any atom is -0.349 e. The van der Waals surface area contributed by atoms with Crippen molar-refractivity contribution in [3.63, 3.8) is 0 Å². The van der Waals surface area contributed by atoms with Gasteiger partial charge in [0.1, 0.15) is 0 Å². The number of hydrogen-bond acceptors (Lipinski definition) is 2. The molecule has 2 aliphatic carbocycles. The second-order valence-electron chi connectivity index (χ2n) is 8.57. The molecule has 0 saturated heterocycles. The monoisotopic (exact) mass is 371 g/mol. The fourth-order valence-corrected chi connectivity index (χ4v) is 4.34. The van der Waals surface area contributed by atoms with Crippen molar-refractivity contribution in [3.05, 3.63) is 52.3 Å². The van der Waals surface area contributed by atoms with Crippen LogP contribution in [0.25, 0.3) is 0 Å². The van der Waals surface area contributed by atoms with Gasteiger partial charge in [0.25, 0.3) is 0 Å². The summed E-state index contributed by atoms with van der Waals surface area (Å²) in [6.07, 6.45) is 7.11. The van der Waals surface area contributed by atoms with Crippen LogP contribution in [-0.2, 0) is 17.8 Å². The molecule has 1 aromatic heterocycles. The minimum atomic E-state index is 0.0648. The molecular formula is C21H26ClN3O. The average Bonchev–Trinajstić information content (AvgIpc) is 2.87. The Balaban J connectivity index is 1.59. The molecule has 0 bridgehead atoms. The van der Waals surface area contributed by atoms with Gasteiger partial charge in [-0.25, -0.2) is 0 Å². The van der Waals surface area contributed by atoms with Crippen LogP contribution in [0.3, 0.4) is 0 Å². The van der Waals surface area contributed by atoms with Gasteiger partial charge in [-0.3, -0.25) is 9.48 Å². The van der Waals surface area contributed by atoms with E-state index in [0.29, 0.717) is 6.54 Å². The maximum atomic E-state index is 12.5. The molecule has 4 nitrogen and oxygen atoms in total. The standard InChI is InChI=1S/C21H26ClN3O/c1-21(2)10-18(24-20(26)15-6-4-7-15)17-12-23-25(19(17)11-21)13-14-5-3-8-16(22)9-14/h3,5,8-9,12,15,18H,4,6-7,10-11,13H2,1-2H3,(H,24,26)/t18-/m1/s1.